The molecule has 0 amide bonds. The van der Waals surface area contributed by atoms with Crippen LogP contribution in [0.1, 0.15) is 0 Å². The van der Waals surface area contributed by atoms with Crippen LogP contribution in [0, 0.1) is 0 Å². The third kappa shape index (κ3) is 3.63. The van der Waals surface area contributed by atoms with Crippen molar-refractivity contribution in [2.45, 2.75) is 0 Å². The maximum atomic E-state index is 5.23. The maximum absolute atomic E-state index is 5.23. The Labute approximate surface area is 295 Å². The SMILES string of the molecule is c1ccc(-c2nc(-c3ccc(-n4c5ccccc5c5cc6c7ccccc7n7c8ccccc8c(c54)c67)cc3)nc3c2sc2ccccc23)cc1. The van der Waals surface area contributed by atoms with E-state index in [1.165, 1.54) is 70.0 Å². The number of hydrogen-bond donors (Lipinski definition) is 0. The van der Waals surface area contributed by atoms with E-state index in [1.807, 2.05) is 0 Å². The molecule has 0 atom stereocenters. The Balaban J connectivity index is 1.13. The third-order valence-corrected chi connectivity index (χ3v) is 11.8. The van der Waals surface area contributed by atoms with Gasteiger partial charge in [-0.25, -0.2) is 9.97 Å². The topological polar surface area (TPSA) is 35.1 Å². The summed E-state index contributed by atoms with van der Waals surface area (Å²) in [5.41, 5.74) is 11.4. The fraction of sp³-hybridized carbons (Fsp3) is 0. The van der Waals surface area contributed by atoms with Crippen molar-refractivity contribution in [1.82, 2.24) is 18.9 Å². The summed E-state index contributed by atoms with van der Waals surface area (Å²) in [7, 11) is 0. The summed E-state index contributed by atoms with van der Waals surface area (Å²) >= 11 is 1.76. The molecule has 0 saturated heterocycles. The van der Waals surface area contributed by atoms with Gasteiger partial charge in [-0.15, -0.1) is 11.3 Å². The minimum Gasteiger partial charge on any atom is -0.309 e. The molecule has 236 valence electrons. The van der Waals surface area contributed by atoms with Crippen molar-refractivity contribution in [1.29, 1.82) is 0 Å². The standard InChI is InChI=1S/C46H26N4S/c1-2-12-27(13-3-1)41-45-42(33-17-7-11-21-39(33)51-45)48-46(47-41)28-22-24-29(25-23-28)49-36-18-8-4-14-30(36)34-26-35-31-15-5-9-19-37(31)50-38-20-10-6-16-32(38)40(43(34)49)44(35)50/h1-26H. The molecule has 12 rings (SSSR count). The van der Waals surface area contributed by atoms with Crippen LogP contribution in [0.2, 0.25) is 0 Å². The molecule has 5 heteroatoms. The van der Waals surface area contributed by atoms with E-state index in [1.54, 1.807) is 11.3 Å². The van der Waals surface area contributed by atoms with Gasteiger partial charge < -0.3 is 8.97 Å². The van der Waals surface area contributed by atoms with Crippen LogP contribution in [-0.2, 0) is 0 Å². The van der Waals surface area contributed by atoms with Gasteiger partial charge in [0, 0.05) is 59.2 Å². The largest absolute Gasteiger partial charge is 0.309 e. The fourth-order valence-corrected chi connectivity index (χ4v) is 9.65. The van der Waals surface area contributed by atoms with Crippen molar-refractivity contribution in [2.75, 3.05) is 0 Å². The van der Waals surface area contributed by atoms with E-state index in [4.69, 9.17) is 9.97 Å². The molecule has 0 fully saturated rings. The smallest absolute Gasteiger partial charge is 0.160 e. The summed E-state index contributed by atoms with van der Waals surface area (Å²) in [6.07, 6.45) is 0. The predicted octanol–water partition coefficient (Wildman–Crippen LogP) is 12.4. The van der Waals surface area contributed by atoms with Gasteiger partial charge in [-0.05, 0) is 54.6 Å². The molecule has 5 heterocycles. The number of rotatable bonds is 3. The van der Waals surface area contributed by atoms with Crippen LogP contribution in [0.25, 0.3) is 109 Å². The van der Waals surface area contributed by atoms with Crippen LogP contribution in [-0.4, -0.2) is 18.9 Å². The van der Waals surface area contributed by atoms with Crippen molar-refractivity contribution in [3.63, 3.8) is 0 Å². The van der Waals surface area contributed by atoms with E-state index in [-0.39, 0.29) is 0 Å². The van der Waals surface area contributed by atoms with Gasteiger partial charge in [0.2, 0.25) is 0 Å². The Hall–Kier alpha value is -6.56. The van der Waals surface area contributed by atoms with Gasteiger partial charge >= 0.3 is 0 Å². The highest BCUT2D eigenvalue weighted by Gasteiger charge is 2.24. The quantitative estimate of drug-likeness (QED) is 0.188. The average molecular weight is 667 g/mol. The molecule has 5 aromatic heterocycles. The van der Waals surface area contributed by atoms with Gasteiger partial charge in [-0.3, -0.25) is 0 Å². The molecule has 0 aliphatic heterocycles. The van der Waals surface area contributed by atoms with Crippen LogP contribution in [0.4, 0.5) is 0 Å². The Morgan fingerprint density at radius 2 is 1.06 bits per heavy atom. The highest BCUT2D eigenvalue weighted by Crippen LogP contribution is 2.46. The highest BCUT2D eigenvalue weighted by molar-refractivity contribution is 7.26. The van der Waals surface area contributed by atoms with Crippen LogP contribution in [0.3, 0.4) is 0 Å². The number of hydrogen-bond acceptors (Lipinski definition) is 3. The molecule has 0 radical (unpaired) electrons. The molecule has 0 saturated carbocycles. The first-order chi connectivity index (χ1) is 25.3. The first-order valence-electron chi connectivity index (χ1n) is 17.3. The molecule has 0 bridgehead atoms. The molecule has 7 aromatic carbocycles. The summed E-state index contributed by atoms with van der Waals surface area (Å²) in [5.74, 6) is 0.734. The first kappa shape index (κ1) is 27.3. The van der Waals surface area contributed by atoms with Crippen LogP contribution in [0.15, 0.2) is 158 Å². The second kappa shape index (κ2) is 10.0. The molecule has 12 aromatic rings. The van der Waals surface area contributed by atoms with Crippen molar-refractivity contribution < 1.29 is 0 Å². The molecule has 0 aliphatic rings. The molecular weight excluding hydrogens is 641 g/mol. The van der Waals surface area contributed by atoms with Gasteiger partial charge in [0.05, 0.1) is 43.5 Å². The molecular formula is C46H26N4S. The lowest BCUT2D eigenvalue weighted by Gasteiger charge is -2.11. The Kier molecular flexibility index (Phi) is 5.35. The molecule has 0 unspecified atom stereocenters. The fourth-order valence-electron chi connectivity index (χ4n) is 8.50. The van der Waals surface area contributed by atoms with Gasteiger partial charge in [-0.2, -0.15) is 0 Å². The summed E-state index contributed by atoms with van der Waals surface area (Å²) in [6.45, 7) is 0. The van der Waals surface area contributed by atoms with Crippen molar-refractivity contribution >= 4 is 91.5 Å². The van der Waals surface area contributed by atoms with Crippen molar-refractivity contribution in [2.24, 2.45) is 0 Å². The second-order valence-corrected chi connectivity index (χ2v) is 14.4. The van der Waals surface area contributed by atoms with E-state index >= 15 is 0 Å². The number of benzene rings is 7. The summed E-state index contributed by atoms with van der Waals surface area (Å²) in [4.78, 5) is 10.4. The molecule has 0 aliphatic carbocycles. The number of para-hydroxylation sites is 3. The first-order valence-corrected chi connectivity index (χ1v) is 18.1. The van der Waals surface area contributed by atoms with E-state index in [0.29, 0.717) is 0 Å². The minimum absolute atomic E-state index is 0.734. The van der Waals surface area contributed by atoms with E-state index in [0.717, 1.165) is 38.5 Å². The summed E-state index contributed by atoms with van der Waals surface area (Å²) < 4.78 is 7.26. The zero-order valence-corrected chi connectivity index (χ0v) is 28.0. The van der Waals surface area contributed by atoms with Crippen LogP contribution >= 0.6 is 11.3 Å². The number of fused-ring (bicyclic) bond motifs is 13. The zero-order valence-electron chi connectivity index (χ0n) is 27.2. The maximum Gasteiger partial charge on any atom is 0.160 e. The summed E-state index contributed by atoms with van der Waals surface area (Å²) in [6, 6.07) is 56.7. The Bertz CT molecular complexity index is 3350. The highest BCUT2D eigenvalue weighted by atomic mass is 32.1. The normalized spacial score (nSPS) is 12.3. The van der Waals surface area contributed by atoms with Crippen LogP contribution in [0.5, 0.6) is 0 Å². The van der Waals surface area contributed by atoms with Gasteiger partial charge in [0.1, 0.15) is 0 Å². The average Bonchev–Trinajstić information content (AvgIpc) is 3.93. The van der Waals surface area contributed by atoms with Gasteiger partial charge in [0.15, 0.2) is 5.82 Å². The van der Waals surface area contributed by atoms with Crippen LogP contribution < -0.4 is 0 Å². The molecule has 4 nitrogen and oxygen atoms in total. The lowest BCUT2D eigenvalue weighted by molar-refractivity contribution is 1.18. The van der Waals surface area contributed by atoms with Gasteiger partial charge in [0.25, 0.3) is 0 Å². The monoisotopic (exact) mass is 666 g/mol. The molecule has 0 N–H and O–H groups in total. The zero-order chi connectivity index (χ0) is 33.2. The Morgan fingerprint density at radius 3 is 1.84 bits per heavy atom. The predicted molar refractivity (Wildman–Crippen MR) is 215 cm³/mol. The molecule has 51 heavy (non-hydrogen) atoms. The second-order valence-electron chi connectivity index (χ2n) is 13.4. The number of nitrogens with zero attached hydrogens (tertiary/aromatic N) is 4. The van der Waals surface area contributed by atoms with E-state index < -0.39 is 0 Å². The molecule has 0 spiro atoms. The summed E-state index contributed by atoms with van der Waals surface area (Å²) in [5, 5.41) is 8.83. The van der Waals surface area contributed by atoms with Crippen molar-refractivity contribution in [3.05, 3.63) is 158 Å². The van der Waals surface area contributed by atoms with E-state index in [2.05, 4.69) is 167 Å². The minimum atomic E-state index is 0.734. The van der Waals surface area contributed by atoms with E-state index in [9.17, 15) is 0 Å². The lowest BCUT2D eigenvalue weighted by Crippen LogP contribution is -1.96. The number of aromatic nitrogens is 4. The Morgan fingerprint density at radius 1 is 0.451 bits per heavy atom. The van der Waals surface area contributed by atoms with Gasteiger partial charge in [-0.1, -0.05) is 103 Å². The third-order valence-electron chi connectivity index (χ3n) is 10.7. The lowest BCUT2D eigenvalue weighted by atomic mass is 10.0. The van der Waals surface area contributed by atoms with Crippen molar-refractivity contribution in [3.8, 4) is 28.3 Å². The number of thiophene rings is 1.